The number of para-hydroxylation sites is 1. The van der Waals surface area contributed by atoms with E-state index in [1.165, 1.54) is 0 Å². The second-order valence-corrected chi connectivity index (χ2v) is 11.8. The second kappa shape index (κ2) is 10.5. The first-order valence-electron chi connectivity index (χ1n) is 11.9. The summed E-state index contributed by atoms with van der Waals surface area (Å²) in [5.74, 6) is 1.92. The number of aromatic hydroxyl groups is 1. The van der Waals surface area contributed by atoms with Crippen LogP contribution in [0, 0.1) is 0 Å². The Morgan fingerprint density at radius 3 is 1.86 bits per heavy atom. The monoisotopic (exact) mass is 536 g/mol. The molecule has 0 bridgehead atoms. The van der Waals surface area contributed by atoms with Gasteiger partial charge in [-0.3, -0.25) is 0 Å². The van der Waals surface area contributed by atoms with Crippen LogP contribution in [0.25, 0.3) is 4.48 Å². The highest BCUT2D eigenvalue weighted by Crippen LogP contribution is 2.44. The molecule has 0 aliphatic heterocycles. The van der Waals surface area contributed by atoms with Crippen molar-refractivity contribution < 1.29 is 14.6 Å². The summed E-state index contributed by atoms with van der Waals surface area (Å²) in [5.41, 5.74) is 4.66. The van der Waals surface area contributed by atoms with E-state index >= 15 is 0 Å². The molecule has 1 N–H and O–H groups in total. The maximum absolute atomic E-state index is 11.3. The molecule has 3 rings (SSSR count). The lowest BCUT2D eigenvalue weighted by Gasteiger charge is -2.30. The van der Waals surface area contributed by atoms with Gasteiger partial charge in [-0.1, -0.05) is 106 Å². The molecule has 1 unspecified atom stereocenters. The largest absolute Gasteiger partial charge is 0.507 e. The highest BCUT2D eigenvalue weighted by atomic mass is 79.9. The standard InChI is InChI=1S/C31H37BrO3/c1-30(2,3)25-17-21(18-26(29(25)33)31(4,5)6)24(23-11-9-10-12-28(23)35-8)19-27(32)20-13-15-22(34-7)16-14-20/h9-19,24,33H,1-8H3. The SMILES string of the molecule is COc1ccc(C(Br)=CC(c2cc(C(C)(C)C)c(O)c(C(C)(C)C)c2)c2ccccc2OC)cc1. The molecule has 3 aromatic carbocycles. The topological polar surface area (TPSA) is 38.7 Å². The van der Waals surface area contributed by atoms with Crippen molar-refractivity contribution >= 4 is 20.4 Å². The molecule has 4 heteroatoms. The van der Waals surface area contributed by atoms with Crippen LogP contribution in [0.3, 0.4) is 0 Å². The third-order valence-electron chi connectivity index (χ3n) is 6.26. The molecule has 0 heterocycles. The van der Waals surface area contributed by atoms with Gasteiger partial charge in [0.05, 0.1) is 14.2 Å². The Balaban J connectivity index is 2.30. The number of phenolic OH excluding ortho intramolecular Hbond substituents is 1. The predicted octanol–water partition coefficient (Wildman–Crippen LogP) is 8.57. The first-order valence-corrected chi connectivity index (χ1v) is 12.7. The van der Waals surface area contributed by atoms with Crippen LogP contribution in [-0.2, 0) is 10.8 Å². The van der Waals surface area contributed by atoms with Crippen molar-refractivity contribution in [2.75, 3.05) is 14.2 Å². The van der Waals surface area contributed by atoms with Gasteiger partial charge in [-0.15, -0.1) is 0 Å². The lowest BCUT2D eigenvalue weighted by molar-refractivity contribution is 0.409. The van der Waals surface area contributed by atoms with Crippen LogP contribution in [0.2, 0.25) is 0 Å². The third-order valence-corrected chi connectivity index (χ3v) is 6.98. The minimum Gasteiger partial charge on any atom is -0.507 e. The van der Waals surface area contributed by atoms with Gasteiger partial charge in [0.15, 0.2) is 0 Å². The maximum atomic E-state index is 11.3. The molecule has 35 heavy (non-hydrogen) atoms. The summed E-state index contributed by atoms with van der Waals surface area (Å²) in [6.07, 6.45) is 2.21. The van der Waals surface area contributed by atoms with Crippen molar-refractivity contribution in [3.63, 3.8) is 0 Å². The summed E-state index contributed by atoms with van der Waals surface area (Å²) >= 11 is 3.83. The summed E-state index contributed by atoms with van der Waals surface area (Å²) in [6, 6.07) is 20.4. The highest BCUT2D eigenvalue weighted by molar-refractivity contribution is 9.15. The van der Waals surface area contributed by atoms with Crippen LogP contribution < -0.4 is 9.47 Å². The molecular weight excluding hydrogens is 500 g/mol. The van der Waals surface area contributed by atoms with Crippen molar-refractivity contribution in [2.45, 2.75) is 58.3 Å². The Morgan fingerprint density at radius 2 is 1.37 bits per heavy atom. The number of methoxy groups -OCH3 is 2. The molecule has 0 aliphatic carbocycles. The van der Waals surface area contributed by atoms with E-state index in [0.717, 1.165) is 43.8 Å². The average molecular weight is 538 g/mol. The first-order chi connectivity index (χ1) is 16.4. The van der Waals surface area contributed by atoms with Gasteiger partial charge >= 0.3 is 0 Å². The molecular formula is C31H37BrO3. The summed E-state index contributed by atoms with van der Waals surface area (Å²) in [5, 5.41) is 11.3. The second-order valence-electron chi connectivity index (χ2n) is 10.9. The van der Waals surface area contributed by atoms with Gasteiger partial charge in [0, 0.05) is 16.0 Å². The van der Waals surface area contributed by atoms with Crippen LogP contribution in [0.15, 0.2) is 66.7 Å². The zero-order chi connectivity index (χ0) is 26.0. The molecule has 0 saturated carbocycles. The zero-order valence-electron chi connectivity index (χ0n) is 22.1. The Morgan fingerprint density at radius 1 is 0.829 bits per heavy atom. The van der Waals surface area contributed by atoms with Crippen LogP contribution in [-0.4, -0.2) is 19.3 Å². The highest BCUT2D eigenvalue weighted by Gasteiger charge is 2.29. The van der Waals surface area contributed by atoms with Gasteiger partial charge in [-0.05, 0) is 51.3 Å². The normalized spacial score (nSPS) is 13.5. The van der Waals surface area contributed by atoms with E-state index in [-0.39, 0.29) is 16.7 Å². The molecule has 0 radical (unpaired) electrons. The molecule has 0 aromatic heterocycles. The molecule has 0 spiro atoms. The summed E-state index contributed by atoms with van der Waals surface area (Å²) in [7, 11) is 3.37. The average Bonchev–Trinajstić information content (AvgIpc) is 2.81. The molecule has 0 amide bonds. The minimum absolute atomic E-state index is 0.106. The third kappa shape index (κ3) is 6.10. The van der Waals surface area contributed by atoms with Crippen molar-refractivity contribution in [2.24, 2.45) is 0 Å². The Kier molecular flexibility index (Phi) is 8.06. The van der Waals surface area contributed by atoms with E-state index in [2.05, 4.69) is 81.7 Å². The van der Waals surface area contributed by atoms with Crippen molar-refractivity contribution in [3.8, 4) is 17.2 Å². The van der Waals surface area contributed by atoms with Crippen LogP contribution in [0.1, 0.15) is 75.3 Å². The first kappa shape index (κ1) is 26.9. The van der Waals surface area contributed by atoms with Crippen molar-refractivity contribution in [1.29, 1.82) is 0 Å². The van der Waals surface area contributed by atoms with E-state index in [9.17, 15) is 5.11 Å². The number of hydrogen-bond donors (Lipinski definition) is 1. The lowest BCUT2D eigenvalue weighted by Crippen LogP contribution is -2.18. The predicted molar refractivity (Wildman–Crippen MR) is 150 cm³/mol. The van der Waals surface area contributed by atoms with E-state index in [0.29, 0.717) is 5.75 Å². The number of hydrogen-bond acceptors (Lipinski definition) is 3. The quantitative estimate of drug-likeness (QED) is 0.342. The van der Waals surface area contributed by atoms with Gasteiger partial charge in [-0.2, -0.15) is 0 Å². The van der Waals surface area contributed by atoms with Crippen LogP contribution in [0.5, 0.6) is 17.2 Å². The number of allylic oxidation sites excluding steroid dienone is 1. The zero-order valence-corrected chi connectivity index (χ0v) is 23.7. The summed E-state index contributed by atoms with van der Waals surface area (Å²) < 4.78 is 12.1. The molecule has 0 aliphatic rings. The van der Waals surface area contributed by atoms with Gasteiger partial charge in [0.1, 0.15) is 17.2 Å². The molecule has 3 aromatic rings. The Bertz CT molecular complexity index is 1160. The van der Waals surface area contributed by atoms with Gasteiger partial charge < -0.3 is 14.6 Å². The fraction of sp³-hybridized carbons (Fsp3) is 0.355. The molecule has 0 fully saturated rings. The van der Waals surface area contributed by atoms with Crippen molar-refractivity contribution in [1.82, 2.24) is 0 Å². The Hall–Kier alpha value is -2.72. The molecule has 186 valence electrons. The number of ether oxygens (including phenoxy) is 2. The molecule has 0 saturated heterocycles. The van der Waals surface area contributed by atoms with E-state index in [4.69, 9.17) is 9.47 Å². The smallest absolute Gasteiger partial charge is 0.123 e. The fourth-order valence-electron chi connectivity index (χ4n) is 4.26. The Labute approximate surface area is 218 Å². The molecule has 1 atom stereocenters. The maximum Gasteiger partial charge on any atom is 0.123 e. The van der Waals surface area contributed by atoms with Crippen molar-refractivity contribution in [3.05, 3.63) is 94.6 Å². The number of benzene rings is 3. The fourth-order valence-corrected chi connectivity index (χ4v) is 4.79. The summed E-state index contributed by atoms with van der Waals surface area (Å²) in [4.78, 5) is 0. The van der Waals surface area contributed by atoms with E-state index in [1.807, 2.05) is 42.5 Å². The summed E-state index contributed by atoms with van der Waals surface area (Å²) in [6.45, 7) is 12.8. The molecule has 3 nitrogen and oxygen atoms in total. The van der Waals surface area contributed by atoms with Crippen LogP contribution >= 0.6 is 15.9 Å². The minimum atomic E-state index is -0.220. The van der Waals surface area contributed by atoms with Gasteiger partial charge in [-0.25, -0.2) is 0 Å². The number of halogens is 1. The number of phenols is 1. The van der Waals surface area contributed by atoms with Crippen LogP contribution in [0.4, 0.5) is 0 Å². The van der Waals surface area contributed by atoms with E-state index in [1.54, 1.807) is 14.2 Å². The lowest BCUT2D eigenvalue weighted by atomic mass is 9.76. The van der Waals surface area contributed by atoms with Gasteiger partial charge in [0.2, 0.25) is 0 Å². The number of rotatable bonds is 6. The van der Waals surface area contributed by atoms with Gasteiger partial charge in [0.25, 0.3) is 0 Å². The van der Waals surface area contributed by atoms with E-state index < -0.39 is 0 Å².